The van der Waals surface area contributed by atoms with Crippen molar-refractivity contribution in [2.45, 2.75) is 13.0 Å². The van der Waals surface area contributed by atoms with Crippen molar-refractivity contribution in [3.05, 3.63) is 45.7 Å². The average Bonchev–Trinajstić information content (AvgIpc) is 3.12. The summed E-state index contributed by atoms with van der Waals surface area (Å²) < 4.78 is 6.26. The first-order valence-electron chi connectivity index (χ1n) is 8.08. The van der Waals surface area contributed by atoms with Crippen molar-refractivity contribution in [1.82, 2.24) is 10.2 Å². The van der Waals surface area contributed by atoms with E-state index in [1.54, 1.807) is 17.9 Å². The van der Waals surface area contributed by atoms with Crippen molar-refractivity contribution in [1.29, 1.82) is 0 Å². The summed E-state index contributed by atoms with van der Waals surface area (Å²) >= 11 is 4.83. The number of hydrogen-bond acceptors (Lipinski definition) is 4. The third-order valence-electron chi connectivity index (χ3n) is 4.00. The Morgan fingerprint density at radius 1 is 1.16 bits per heavy atom. The number of amides is 2. The molecule has 7 heteroatoms. The molecule has 25 heavy (non-hydrogen) atoms. The number of ether oxygens (including phenoxy) is 1. The Labute approximate surface area is 159 Å². The second-order valence-corrected chi connectivity index (χ2v) is 7.80. The van der Waals surface area contributed by atoms with Gasteiger partial charge in [0.05, 0.1) is 18.1 Å². The van der Waals surface area contributed by atoms with Gasteiger partial charge in [0.25, 0.3) is 5.91 Å². The van der Waals surface area contributed by atoms with E-state index in [-0.39, 0.29) is 11.8 Å². The number of morpholine rings is 1. The van der Waals surface area contributed by atoms with E-state index in [0.717, 1.165) is 14.9 Å². The van der Waals surface area contributed by atoms with Crippen molar-refractivity contribution in [2.24, 2.45) is 0 Å². The molecule has 1 N–H and O–H groups in total. The number of hydrogen-bond donors (Lipinski definition) is 1. The highest BCUT2D eigenvalue weighted by Crippen LogP contribution is 2.29. The summed E-state index contributed by atoms with van der Waals surface area (Å²) in [4.78, 5) is 28.2. The van der Waals surface area contributed by atoms with Gasteiger partial charge in [0, 0.05) is 22.4 Å². The fourth-order valence-electron chi connectivity index (χ4n) is 2.62. The van der Waals surface area contributed by atoms with Gasteiger partial charge in [-0.2, -0.15) is 0 Å². The molecule has 0 aliphatic carbocycles. The highest BCUT2D eigenvalue weighted by Gasteiger charge is 2.24. The SMILES string of the molecule is CC(NC(=O)c1ccc(-c2ccc(Br)cc2)s1)C(=O)N1CCOCC1. The highest BCUT2D eigenvalue weighted by atomic mass is 79.9. The van der Waals surface area contributed by atoms with Gasteiger partial charge in [0.15, 0.2) is 0 Å². The summed E-state index contributed by atoms with van der Waals surface area (Å²) in [6.45, 7) is 3.97. The van der Waals surface area contributed by atoms with Gasteiger partial charge in [-0.15, -0.1) is 11.3 Å². The molecular weight excluding hydrogens is 404 g/mol. The van der Waals surface area contributed by atoms with Crippen LogP contribution in [0.3, 0.4) is 0 Å². The number of nitrogens with one attached hydrogen (secondary N) is 1. The number of nitrogens with zero attached hydrogens (tertiary/aromatic N) is 1. The van der Waals surface area contributed by atoms with E-state index in [0.29, 0.717) is 31.2 Å². The summed E-state index contributed by atoms with van der Waals surface area (Å²) in [7, 11) is 0. The van der Waals surface area contributed by atoms with E-state index in [1.807, 2.05) is 30.3 Å². The van der Waals surface area contributed by atoms with Crippen LogP contribution in [-0.4, -0.2) is 49.1 Å². The zero-order valence-corrected chi connectivity index (χ0v) is 16.2. The van der Waals surface area contributed by atoms with Crippen molar-refractivity contribution in [3.63, 3.8) is 0 Å². The Morgan fingerprint density at radius 2 is 1.84 bits per heavy atom. The molecule has 1 fully saturated rings. The van der Waals surface area contributed by atoms with Gasteiger partial charge in [-0.25, -0.2) is 0 Å². The van der Waals surface area contributed by atoms with Crippen LogP contribution in [0.25, 0.3) is 10.4 Å². The molecule has 3 rings (SSSR count). The fraction of sp³-hybridized carbons (Fsp3) is 0.333. The number of carbonyl (C=O) groups excluding carboxylic acids is 2. The molecule has 5 nitrogen and oxygen atoms in total. The van der Waals surface area contributed by atoms with Gasteiger partial charge in [-0.3, -0.25) is 9.59 Å². The number of thiophene rings is 1. The molecule has 0 radical (unpaired) electrons. The minimum Gasteiger partial charge on any atom is -0.378 e. The van der Waals surface area contributed by atoms with Crippen LogP contribution in [0.5, 0.6) is 0 Å². The molecule has 1 aliphatic rings. The molecule has 132 valence electrons. The Morgan fingerprint density at radius 3 is 2.52 bits per heavy atom. The van der Waals surface area contributed by atoms with Crippen LogP contribution < -0.4 is 5.32 Å². The van der Waals surface area contributed by atoms with E-state index in [1.165, 1.54) is 11.3 Å². The summed E-state index contributed by atoms with van der Waals surface area (Å²) in [5.41, 5.74) is 1.06. The number of halogens is 1. The topological polar surface area (TPSA) is 58.6 Å². The maximum absolute atomic E-state index is 12.4. The lowest BCUT2D eigenvalue weighted by atomic mass is 10.2. The maximum atomic E-state index is 12.4. The molecule has 1 aromatic heterocycles. The molecule has 2 amide bonds. The maximum Gasteiger partial charge on any atom is 0.262 e. The van der Waals surface area contributed by atoms with Crippen LogP contribution >= 0.6 is 27.3 Å². The molecule has 1 aromatic carbocycles. The lowest BCUT2D eigenvalue weighted by molar-refractivity contribution is -0.136. The fourth-order valence-corrected chi connectivity index (χ4v) is 3.80. The molecule has 2 aromatic rings. The quantitative estimate of drug-likeness (QED) is 0.822. The first kappa shape index (κ1) is 18.1. The van der Waals surface area contributed by atoms with Crippen LogP contribution in [-0.2, 0) is 9.53 Å². The van der Waals surface area contributed by atoms with E-state index in [2.05, 4.69) is 21.2 Å². The molecule has 0 bridgehead atoms. The molecule has 0 spiro atoms. The lowest BCUT2D eigenvalue weighted by Crippen LogP contribution is -2.50. The van der Waals surface area contributed by atoms with E-state index < -0.39 is 6.04 Å². The minimum atomic E-state index is -0.552. The van der Waals surface area contributed by atoms with Crippen LogP contribution in [0, 0.1) is 0 Å². The van der Waals surface area contributed by atoms with Crippen molar-refractivity contribution >= 4 is 39.1 Å². The van der Waals surface area contributed by atoms with Crippen LogP contribution in [0.15, 0.2) is 40.9 Å². The highest BCUT2D eigenvalue weighted by molar-refractivity contribution is 9.10. The van der Waals surface area contributed by atoms with Crippen molar-refractivity contribution < 1.29 is 14.3 Å². The summed E-state index contributed by atoms with van der Waals surface area (Å²) in [5, 5.41) is 2.80. The summed E-state index contributed by atoms with van der Waals surface area (Å²) in [5.74, 6) is -0.288. The third-order valence-corrected chi connectivity index (χ3v) is 5.66. The monoisotopic (exact) mass is 422 g/mol. The van der Waals surface area contributed by atoms with Gasteiger partial charge in [-0.1, -0.05) is 28.1 Å². The van der Waals surface area contributed by atoms with Crippen molar-refractivity contribution in [2.75, 3.05) is 26.3 Å². The molecule has 0 saturated carbocycles. The molecule has 1 saturated heterocycles. The second kappa shape index (κ2) is 8.12. The van der Waals surface area contributed by atoms with Gasteiger partial charge in [0.2, 0.25) is 5.91 Å². The Hall–Kier alpha value is -1.70. The molecule has 1 atom stereocenters. The Kier molecular flexibility index (Phi) is 5.88. The average molecular weight is 423 g/mol. The molecule has 2 heterocycles. The smallest absolute Gasteiger partial charge is 0.262 e. The molecule has 1 aliphatic heterocycles. The summed E-state index contributed by atoms with van der Waals surface area (Å²) in [6.07, 6.45) is 0. The first-order valence-corrected chi connectivity index (χ1v) is 9.69. The van der Waals surface area contributed by atoms with Crippen LogP contribution in [0.2, 0.25) is 0 Å². The standard InChI is InChI=1S/C18H19BrN2O3S/c1-12(18(23)21-8-10-24-11-9-21)20-17(22)16-7-6-15(25-16)13-2-4-14(19)5-3-13/h2-7,12H,8-11H2,1H3,(H,20,22). The predicted molar refractivity (Wildman–Crippen MR) is 102 cm³/mol. The van der Waals surface area contributed by atoms with E-state index in [9.17, 15) is 9.59 Å². The predicted octanol–water partition coefficient (Wildman–Crippen LogP) is 3.15. The second-order valence-electron chi connectivity index (χ2n) is 5.80. The van der Waals surface area contributed by atoms with E-state index in [4.69, 9.17) is 4.74 Å². The Balaban J connectivity index is 1.63. The summed E-state index contributed by atoms with van der Waals surface area (Å²) in [6, 6.07) is 11.1. The zero-order valence-electron chi connectivity index (χ0n) is 13.8. The van der Waals surface area contributed by atoms with Gasteiger partial charge in [-0.05, 0) is 36.8 Å². The van der Waals surface area contributed by atoms with Gasteiger partial charge in [0.1, 0.15) is 6.04 Å². The minimum absolute atomic E-state index is 0.0682. The number of rotatable bonds is 4. The zero-order chi connectivity index (χ0) is 17.8. The van der Waals surface area contributed by atoms with Gasteiger partial charge < -0.3 is 15.0 Å². The molecule has 1 unspecified atom stereocenters. The van der Waals surface area contributed by atoms with Crippen LogP contribution in [0.4, 0.5) is 0 Å². The van der Waals surface area contributed by atoms with Crippen LogP contribution in [0.1, 0.15) is 16.6 Å². The first-order chi connectivity index (χ1) is 12.0. The Bertz CT molecular complexity index is 754. The molecular formula is C18H19BrN2O3S. The third kappa shape index (κ3) is 4.48. The van der Waals surface area contributed by atoms with E-state index >= 15 is 0 Å². The number of carbonyl (C=O) groups is 2. The lowest BCUT2D eigenvalue weighted by Gasteiger charge is -2.29. The van der Waals surface area contributed by atoms with Crippen molar-refractivity contribution in [3.8, 4) is 10.4 Å². The number of benzene rings is 1. The largest absolute Gasteiger partial charge is 0.378 e. The normalized spacial score (nSPS) is 15.7. The van der Waals surface area contributed by atoms with Gasteiger partial charge >= 0.3 is 0 Å².